The van der Waals surface area contributed by atoms with Gasteiger partial charge >= 0.3 is 0 Å². The lowest BCUT2D eigenvalue weighted by molar-refractivity contribution is -0.129. The number of ketones is 1. The Morgan fingerprint density at radius 1 is 1.25 bits per heavy atom. The fraction of sp³-hybridized carbons (Fsp3) is 0.647. The summed E-state index contributed by atoms with van der Waals surface area (Å²) in [6.07, 6.45) is 7.31. The highest BCUT2D eigenvalue weighted by molar-refractivity contribution is 5.98. The molecule has 0 unspecified atom stereocenters. The van der Waals surface area contributed by atoms with Gasteiger partial charge in [-0.3, -0.25) is 19.5 Å². The Hall–Kier alpha value is -2.18. The van der Waals surface area contributed by atoms with E-state index in [-0.39, 0.29) is 35.0 Å². The van der Waals surface area contributed by atoms with Crippen molar-refractivity contribution in [2.75, 3.05) is 6.54 Å². The van der Waals surface area contributed by atoms with Gasteiger partial charge in [0.15, 0.2) is 5.78 Å². The number of Topliss-reactive ketones (excluding diaryl/α,β-unsaturated/α-hetero) is 1. The molecule has 0 spiro atoms. The van der Waals surface area contributed by atoms with Crippen molar-refractivity contribution < 1.29 is 14.4 Å². The van der Waals surface area contributed by atoms with Crippen molar-refractivity contribution in [3.8, 4) is 0 Å². The minimum absolute atomic E-state index is 0.126. The number of rotatable bonds is 4. The van der Waals surface area contributed by atoms with Crippen molar-refractivity contribution in [2.45, 2.75) is 64.0 Å². The number of carbonyl (C=O) groups excluding carboxylic acids is 3. The SMILES string of the molecule is CC(=O)c1cc(C(=O)N[C@@H]2CC(=O)N(C3CCCCCC3)C2)[nH]n1. The van der Waals surface area contributed by atoms with Crippen molar-refractivity contribution >= 4 is 17.6 Å². The normalized spacial score (nSPS) is 22.5. The Balaban J connectivity index is 1.58. The first kappa shape index (κ1) is 16.7. The average Bonchev–Trinajstić information content (AvgIpc) is 3.07. The van der Waals surface area contributed by atoms with Crippen LogP contribution in [0.2, 0.25) is 0 Å². The van der Waals surface area contributed by atoms with E-state index in [1.54, 1.807) is 0 Å². The summed E-state index contributed by atoms with van der Waals surface area (Å²) in [4.78, 5) is 37.8. The molecule has 1 saturated carbocycles. The van der Waals surface area contributed by atoms with Crippen LogP contribution in [0.15, 0.2) is 6.07 Å². The van der Waals surface area contributed by atoms with E-state index in [9.17, 15) is 14.4 Å². The van der Waals surface area contributed by atoms with E-state index in [0.717, 1.165) is 12.8 Å². The highest BCUT2D eigenvalue weighted by Crippen LogP contribution is 2.25. The molecule has 1 atom stereocenters. The number of aromatic nitrogens is 2. The summed E-state index contributed by atoms with van der Waals surface area (Å²) in [5.74, 6) is -0.391. The number of carbonyl (C=O) groups is 3. The molecule has 1 aromatic heterocycles. The van der Waals surface area contributed by atoms with Gasteiger partial charge in [0.1, 0.15) is 11.4 Å². The van der Waals surface area contributed by atoms with Gasteiger partial charge in [0, 0.05) is 25.9 Å². The van der Waals surface area contributed by atoms with Crippen LogP contribution in [-0.2, 0) is 4.79 Å². The number of aromatic amines is 1. The first-order valence-corrected chi connectivity index (χ1v) is 8.71. The number of hydrogen-bond acceptors (Lipinski definition) is 4. The molecule has 1 saturated heterocycles. The zero-order chi connectivity index (χ0) is 17.1. The van der Waals surface area contributed by atoms with Crippen molar-refractivity contribution in [2.24, 2.45) is 0 Å². The van der Waals surface area contributed by atoms with Crippen LogP contribution in [0.4, 0.5) is 0 Å². The maximum atomic E-state index is 12.3. The summed E-state index contributed by atoms with van der Waals surface area (Å²) in [5, 5.41) is 9.26. The fourth-order valence-electron chi connectivity index (χ4n) is 3.63. The topological polar surface area (TPSA) is 95.2 Å². The van der Waals surface area contributed by atoms with Gasteiger partial charge in [-0.2, -0.15) is 5.10 Å². The minimum Gasteiger partial charge on any atom is -0.346 e. The summed E-state index contributed by atoms with van der Waals surface area (Å²) >= 11 is 0. The first-order valence-electron chi connectivity index (χ1n) is 8.71. The summed E-state index contributed by atoms with van der Waals surface area (Å²) in [6.45, 7) is 1.97. The molecular weight excluding hydrogens is 308 g/mol. The quantitative estimate of drug-likeness (QED) is 0.647. The predicted octanol–water partition coefficient (Wildman–Crippen LogP) is 1.67. The molecule has 2 fully saturated rings. The average molecular weight is 332 g/mol. The van der Waals surface area contributed by atoms with Crippen molar-refractivity contribution in [1.82, 2.24) is 20.4 Å². The zero-order valence-corrected chi connectivity index (χ0v) is 14.0. The molecule has 7 nitrogen and oxygen atoms in total. The lowest BCUT2D eigenvalue weighted by Gasteiger charge is -2.27. The summed E-state index contributed by atoms with van der Waals surface area (Å²) in [5.41, 5.74) is 0.489. The summed E-state index contributed by atoms with van der Waals surface area (Å²) in [6, 6.07) is 1.58. The monoisotopic (exact) mass is 332 g/mol. The maximum Gasteiger partial charge on any atom is 0.269 e. The van der Waals surface area contributed by atoms with Crippen LogP contribution >= 0.6 is 0 Å². The first-order chi connectivity index (χ1) is 11.5. The highest BCUT2D eigenvalue weighted by Gasteiger charge is 2.35. The van der Waals surface area contributed by atoms with E-state index in [1.807, 2.05) is 4.90 Å². The number of nitrogens with one attached hydrogen (secondary N) is 2. The molecule has 1 aliphatic heterocycles. The van der Waals surface area contributed by atoms with Crippen LogP contribution in [0.25, 0.3) is 0 Å². The van der Waals surface area contributed by atoms with Gasteiger partial charge in [-0.25, -0.2) is 0 Å². The van der Waals surface area contributed by atoms with Crippen LogP contribution in [-0.4, -0.2) is 51.3 Å². The Bertz CT molecular complexity index is 632. The highest BCUT2D eigenvalue weighted by atomic mass is 16.2. The third-order valence-corrected chi connectivity index (χ3v) is 4.94. The summed E-state index contributed by atoms with van der Waals surface area (Å²) in [7, 11) is 0. The smallest absolute Gasteiger partial charge is 0.269 e. The van der Waals surface area contributed by atoms with Crippen molar-refractivity contribution in [3.63, 3.8) is 0 Å². The standard InChI is InChI=1S/C17H24N4O3/c1-11(22)14-9-15(20-19-14)17(24)18-12-8-16(23)21(10-12)13-6-4-2-3-5-7-13/h9,12-13H,2-8,10H2,1H3,(H,18,24)(H,19,20)/t12-/m1/s1. The molecule has 2 heterocycles. The lowest BCUT2D eigenvalue weighted by atomic mass is 10.1. The Kier molecular flexibility index (Phi) is 4.97. The molecule has 0 aromatic carbocycles. The van der Waals surface area contributed by atoms with Crippen LogP contribution in [0.5, 0.6) is 0 Å². The van der Waals surface area contributed by atoms with Gasteiger partial charge in [0.25, 0.3) is 5.91 Å². The molecule has 2 aliphatic rings. The molecule has 7 heteroatoms. The van der Waals surface area contributed by atoms with Crippen LogP contribution < -0.4 is 5.32 Å². The van der Waals surface area contributed by atoms with E-state index >= 15 is 0 Å². The van der Waals surface area contributed by atoms with Crippen LogP contribution in [0.3, 0.4) is 0 Å². The largest absolute Gasteiger partial charge is 0.346 e. The number of nitrogens with zero attached hydrogens (tertiary/aromatic N) is 2. The minimum atomic E-state index is -0.324. The number of likely N-dealkylation sites (tertiary alicyclic amines) is 1. The van der Waals surface area contributed by atoms with E-state index in [0.29, 0.717) is 19.0 Å². The molecule has 3 rings (SSSR count). The van der Waals surface area contributed by atoms with Gasteiger partial charge in [-0.15, -0.1) is 0 Å². The van der Waals surface area contributed by atoms with Gasteiger partial charge in [-0.1, -0.05) is 25.7 Å². The summed E-state index contributed by atoms with van der Waals surface area (Å²) < 4.78 is 0. The second-order valence-electron chi connectivity index (χ2n) is 6.79. The van der Waals surface area contributed by atoms with Crippen LogP contribution in [0.1, 0.15) is 72.8 Å². The van der Waals surface area contributed by atoms with E-state index in [1.165, 1.54) is 38.7 Å². The number of amides is 2. The Morgan fingerprint density at radius 3 is 2.58 bits per heavy atom. The van der Waals surface area contributed by atoms with Crippen LogP contribution in [0, 0.1) is 0 Å². The molecule has 2 N–H and O–H groups in total. The molecule has 0 radical (unpaired) electrons. The third kappa shape index (κ3) is 3.66. The predicted molar refractivity (Wildman–Crippen MR) is 87.7 cm³/mol. The van der Waals surface area contributed by atoms with Gasteiger partial charge in [0.05, 0.1) is 6.04 Å². The third-order valence-electron chi connectivity index (χ3n) is 4.94. The van der Waals surface area contributed by atoms with E-state index < -0.39 is 0 Å². The zero-order valence-electron chi connectivity index (χ0n) is 14.0. The maximum absolute atomic E-state index is 12.3. The van der Waals surface area contributed by atoms with Gasteiger partial charge in [-0.05, 0) is 18.9 Å². The van der Waals surface area contributed by atoms with Gasteiger partial charge < -0.3 is 10.2 Å². The van der Waals surface area contributed by atoms with E-state index in [2.05, 4.69) is 15.5 Å². The second-order valence-corrected chi connectivity index (χ2v) is 6.79. The van der Waals surface area contributed by atoms with E-state index in [4.69, 9.17) is 0 Å². The fourth-order valence-corrected chi connectivity index (χ4v) is 3.63. The second kappa shape index (κ2) is 7.15. The molecule has 2 amide bonds. The number of hydrogen-bond donors (Lipinski definition) is 2. The molecule has 0 bridgehead atoms. The Morgan fingerprint density at radius 2 is 1.96 bits per heavy atom. The lowest BCUT2D eigenvalue weighted by Crippen LogP contribution is -2.40. The van der Waals surface area contributed by atoms with Crippen molar-refractivity contribution in [3.05, 3.63) is 17.5 Å². The molecular formula is C17H24N4O3. The molecule has 1 aromatic rings. The van der Waals surface area contributed by atoms with Gasteiger partial charge in [0.2, 0.25) is 5.91 Å². The molecule has 1 aliphatic carbocycles. The Labute approximate surface area is 141 Å². The number of H-pyrrole nitrogens is 1. The molecule has 24 heavy (non-hydrogen) atoms. The van der Waals surface area contributed by atoms with Crippen molar-refractivity contribution in [1.29, 1.82) is 0 Å². The molecule has 130 valence electrons.